The third-order valence-corrected chi connectivity index (χ3v) is 5.34. The van der Waals surface area contributed by atoms with Gasteiger partial charge in [0.25, 0.3) is 0 Å². The molecule has 2 aliphatic heterocycles. The van der Waals surface area contributed by atoms with Gasteiger partial charge in [0.15, 0.2) is 0 Å². The number of hydrogen-bond donors (Lipinski definition) is 1. The molecule has 2 atom stereocenters. The van der Waals surface area contributed by atoms with Gasteiger partial charge in [-0.2, -0.15) is 0 Å². The maximum Gasteiger partial charge on any atom is 0.221 e. The van der Waals surface area contributed by atoms with Gasteiger partial charge in [-0.25, -0.2) is 4.68 Å². The Morgan fingerprint density at radius 2 is 2.30 bits per heavy atom. The Labute approximate surface area is 158 Å². The SMILES string of the molecule is COc1ccccc1CNC(=O)CCN1CC[C@@H]2OCc3cnnn3[C@H]2C1. The number of piperidine rings is 1. The second-order valence-electron chi connectivity index (χ2n) is 7.01. The fraction of sp³-hybridized carbons (Fsp3) is 0.526. The van der Waals surface area contributed by atoms with Crippen molar-refractivity contribution in [2.75, 3.05) is 26.7 Å². The molecule has 2 aliphatic rings. The highest BCUT2D eigenvalue weighted by atomic mass is 16.5. The Morgan fingerprint density at radius 3 is 3.19 bits per heavy atom. The Kier molecular flexibility index (Phi) is 5.35. The van der Waals surface area contributed by atoms with Crippen LogP contribution in [0, 0.1) is 0 Å². The van der Waals surface area contributed by atoms with Crippen LogP contribution in [0.3, 0.4) is 0 Å². The van der Waals surface area contributed by atoms with Gasteiger partial charge in [-0.15, -0.1) is 5.10 Å². The van der Waals surface area contributed by atoms with Crippen molar-refractivity contribution < 1.29 is 14.3 Å². The topological polar surface area (TPSA) is 81.5 Å². The minimum Gasteiger partial charge on any atom is -0.496 e. The highest BCUT2D eigenvalue weighted by Gasteiger charge is 2.36. The van der Waals surface area contributed by atoms with Crippen LogP contribution in [0.1, 0.15) is 30.1 Å². The van der Waals surface area contributed by atoms with Crippen LogP contribution in [0.4, 0.5) is 0 Å². The molecule has 0 spiro atoms. The summed E-state index contributed by atoms with van der Waals surface area (Å²) >= 11 is 0. The van der Waals surface area contributed by atoms with E-state index in [1.807, 2.05) is 28.9 Å². The normalized spacial score (nSPS) is 22.0. The molecule has 1 fully saturated rings. The van der Waals surface area contributed by atoms with E-state index in [2.05, 4.69) is 20.5 Å². The maximum absolute atomic E-state index is 12.3. The molecule has 8 heteroatoms. The number of nitrogens with zero attached hydrogens (tertiary/aromatic N) is 4. The minimum absolute atomic E-state index is 0.0457. The van der Waals surface area contributed by atoms with Crippen LogP contribution in [0.5, 0.6) is 5.75 Å². The van der Waals surface area contributed by atoms with E-state index in [9.17, 15) is 4.79 Å². The Morgan fingerprint density at radius 1 is 1.41 bits per heavy atom. The van der Waals surface area contributed by atoms with Gasteiger partial charge < -0.3 is 19.7 Å². The summed E-state index contributed by atoms with van der Waals surface area (Å²) in [5.74, 6) is 0.838. The molecule has 0 bridgehead atoms. The van der Waals surface area contributed by atoms with Gasteiger partial charge in [0.05, 0.1) is 37.8 Å². The lowest BCUT2D eigenvalue weighted by atomic mass is 10.0. The van der Waals surface area contributed by atoms with Gasteiger partial charge in [-0.1, -0.05) is 23.4 Å². The molecule has 3 heterocycles. The predicted octanol–water partition coefficient (Wildman–Crippen LogP) is 1.14. The molecule has 27 heavy (non-hydrogen) atoms. The first kappa shape index (κ1) is 17.9. The Balaban J connectivity index is 1.26. The standard InChI is InChI=1S/C19H25N5O3/c1-26-17-5-3-2-4-14(17)10-20-19(25)7-9-23-8-6-18-16(12-23)24-15(13-27-18)11-21-22-24/h2-5,11,16,18H,6-10,12-13H2,1H3,(H,20,25)/t16-,18-/m0/s1. The second kappa shape index (κ2) is 8.06. The zero-order chi connectivity index (χ0) is 18.6. The molecule has 1 N–H and O–H groups in total. The highest BCUT2D eigenvalue weighted by Crippen LogP contribution is 2.29. The van der Waals surface area contributed by atoms with Crippen molar-refractivity contribution in [1.29, 1.82) is 0 Å². The molecule has 1 amide bonds. The first-order valence-electron chi connectivity index (χ1n) is 9.36. The lowest BCUT2D eigenvalue weighted by Gasteiger charge is -2.40. The number of rotatable bonds is 6. The Hall–Kier alpha value is -2.45. The molecule has 0 unspecified atom stereocenters. The summed E-state index contributed by atoms with van der Waals surface area (Å²) in [6, 6.07) is 7.91. The number of amides is 1. The summed E-state index contributed by atoms with van der Waals surface area (Å²) in [7, 11) is 1.64. The number of likely N-dealkylation sites (tertiary alicyclic amines) is 1. The number of carbonyl (C=O) groups is 1. The number of aromatic nitrogens is 3. The van der Waals surface area contributed by atoms with E-state index in [1.54, 1.807) is 13.3 Å². The fourth-order valence-electron chi connectivity index (χ4n) is 3.84. The smallest absolute Gasteiger partial charge is 0.221 e. The minimum atomic E-state index is 0.0457. The van der Waals surface area contributed by atoms with Gasteiger partial charge in [0.2, 0.25) is 5.91 Å². The largest absolute Gasteiger partial charge is 0.496 e. The molecule has 2 aromatic rings. The molecular weight excluding hydrogens is 346 g/mol. The molecule has 0 radical (unpaired) electrons. The van der Waals surface area contributed by atoms with Crippen LogP contribution >= 0.6 is 0 Å². The van der Waals surface area contributed by atoms with Crippen molar-refractivity contribution in [1.82, 2.24) is 25.2 Å². The monoisotopic (exact) mass is 371 g/mol. The first-order chi connectivity index (χ1) is 13.2. The summed E-state index contributed by atoms with van der Waals surface area (Å²) in [6.07, 6.45) is 3.38. The van der Waals surface area contributed by atoms with Gasteiger partial charge >= 0.3 is 0 Å². The number of nitrogens with one attached hydrogen (secondary N) is 1. The van der Waals surface area contributed by atoms with E-state index in [-0.39, 0.29) is 18.1 Å². The molecule has 1 aromatic carbocycles. The lowest BCUT2D eigenvalue weighted by Crippen LogP contribution is -2.48. The molecular formula is C19H25N5O3. The third-order valence-electron chi connectivity index (χ3n) is 5.34. The third kappa shape index (κ3) is 3.96. The molecule has 144 valence electrons. The van der Waals surface area contributed by atoms with Crippen molar-refractivity contribution in [2.24, 2.45) is 0 Å². The summed E-state index contributed by atoms with van der Waals surface area (Å²) in [6.45, 7) is 3.56. The van der Waals surface area contributed by atoms with Crippen LogP contribution in [0.25, 0.3) is 0 Å². The van der Waals surface area contributed by atoms with Crippen LogP contribution in [0.15, 0.2) is 30.5 Å². The summed E-state index contributed by atoms with van der Waals surface area (Å²) in [5, 5.41) is 11.2. The van der Waals surface area contributed by atoms with Gasteiger partial charge in [0, 0.05) is 38.2 Å². The number of fused-ring (bicyclic) bond motifs is 3. The molecule has 4 rings (SSSR count). The van der Waals surface area contributed by atoms with E-state index in [4.69, 9.17) is 9.47 Å². The number of hydrogen-bond acceptors (Lipinski definition) is 6. The quantitative estimate of drug-likeness (QED) is 0.820. The zero-order valence-corrected chi connectivity index (χ0v) is 15.5. The second-order valence-corrected chi connectivity index (χ2v) is 7.01. The lowest BCUT2D eigenvalue weighted by molar-refractivity contribution is -0.122. The van der Waals surface area contributed by atoms with E-state index in [1.165, 1.54) is 0 Å². The number of methoxy groups -OCH3 is 1. The average molecular weight is 371 g/mol. The summed E-state index contributed by atoms with van der Waals surface area (Å²) in [5.41, 5.74) is 2.00. The maximum atomic E-state index is 12.3. The highest BCUT2D eigenvalue weighted by molar-refractivity contribution is 5.76. The van der Waals surface area contributed by atoms with Crippen LogP contribution in [0.2, 0.25) is 0 Å². The van der Waals surface area contributed by atoms with Crippen LogP contribution < -0.4 is 10.1 Å². The molecule has 1 aromatic heterocycles. The Bertz CT molecular complexity index is 793. The van der Waals surface area contributed by atoms with Crippen molar-refractivity contribution in [3.8, 4) is 5.75 Å². The summed E-state index contributed by atoms with van der Waals surface area (Å²) < 4.78 is 13.2. The number of para-hydroxylation sites is 1. The van der Waals surface area contributed by atoms with Crippen molar-refractivity contribution in [2.45, 2.75) is 38.1 Å². The van der Waals surface area contributed by atoms with E-state index in [0.717, 1.165) is 43.1 Å². The first-order valence-corrected chi connectivity index (χ1v) is 9.36. The van der Waals surface area contributed by atoms with Crippen LogP contribution in [-0.2, 0) is 22.7 Å². The van der Waals surface area contributed by atoms with Gasteiger partial charge in [0.1, 0.15) is 5.75 Å². The van der Waals surface area contributed by atoms with E-state index in [0.29, 0.717) is 19.6 Å². The number of ether oxygens (including phenoxy) is 2. The van der Waals surface area contributed by atoms with E-state index >= 15 is 0 Å². The summed E-state index contributed by atoms with van der Waals surface area (Å²) in [4.78, 5) is 14.6. The van der Waals surface area contributed by atoms with Crippen molar-refractivity contribution >= 4 is 5.91 Å². The molecule has 1 saturated heterocycles. The van der Waals surface area contributed by atoms with E-state index < -0.39 is 0 Å². The van der Waals surface area contributed by atoms with Crippen molar-refractivity contribution in [3.63, 3.8) is 0 Å². The molecule has 8 nitrogen and oxygen atoms in total. The zero-order valence-electron chi connectivity index (χ0n) is 15.5. The van der Waals surface area contributed by atoms with Gasteiger partial charge in [-0.3, -0.25) is 4.79 Å². The molecule has 0 saturated carbocycles. The number of benzene rings is 1. The number of carbonyl (C=O) groups excluding carboxylic acids is 1. The average Bonchev–Trinajstić information content (AvgIpc) is 3.20. The molecule has 0 aliphatic carbocycles. The predicted molar refractivity (Wildman–Crippen MR) is 98.2 cm³/mol. The fourth-order valence-corrected chi connectivity index (χ4v) is 3.84. The van der Waals surface area contributed by atoms with Crippen LogP contribution in [-0.4, -0.2) is 58.6 Å². The van der Waals surface area contributed by atoms with Gasteiger partial charge in [-0.05, 0) is 12.5 Å². The van der Waals surface area contributed by atoms with Crippen molar-refractivity contribution in [3.05, 3.63) is 41.7 Å².